The Labute approximate surface area is 115 Å². The topological polar surface area (TPSA) is 60.2 Å². The van der Waals surface area contributed by atoms with Gasteiger partial charge in [-0.15, -0.1) is 0 Å². The fourth-order valence-electron chi connectivity index (χ4n) is 1.65. The Morgan fingerprint density at radius 2 is 1.89 bits per heavy atom. The summed E-state index contributed by atoms with van der Waals surface area (Å²) in [5.41, 5.74) is 6.13. The SMILES string of the molecule is Nc1cccc(S(=O)(=O)Cc2cc(F)ccc2Cl)c1. The number of rotatable bonds is 3. The molecule has 6 heteroatoms. The zero-order valence-electron chi connectivity index (χ0n) is 9.81. The van der Waals surface area contributed by atoms with Crippen molar-refractivity contribution in [3.8, 4) is 0 Å². The van der Waals surface area contributed by atoms with Crippen LogP contribution in [0.2, 0.25) is 5.02 Å². The summed E-state index contributed by atoms with van der Waals surface area (Å²) >= 11 is 5.87. The highest BCUT2D eigenvalue weighted by Crippen LogP contribution is 2.23. The largest absolute Gasteiger partial charge is 0.399 e. The number of nitrogen functional groups attached to an aromatic ring is 1. The fourth-order valence-corrected chi connectivity index (χ4v) is 3.33. The van der Waals surface area contributed by atoms with Crippen molar-refractivity contribution in [3.63, 3.8) is 0 Å². The van der Waals surface area contributed by atoms with E-state index < -0.39 is 15.7 Å². The van der Waals surface area contributed by atoms with Gasteiger partial charge < -0.3 is 5.73 Å². The molecule has 2 N–H and O–H groups in total. The maximum Gasteiger partial charge on any atom is 0.182 e. The normalized spacial score (nSPS) is 11.5. The van der Waals surface area contributed by atoms with Crippen molar-refractivity contribution in [3.05, 3.63) is 58.9 Å². The highest BCUT2D eigenvalue weighted by atomic mass is 35.5. The zero-order chi connectivity index (χ0) is 14.0. The van der Waals surface area contributed by atoms with Crippen molar-refractivity contribution >= 4 is 27.1 Å². The van der Waals surface area contributed by atoms with Crippen molar-refractivity contribution in [2.45, 2.75) is 10.6 Å². The third kappa shape index (κ3) is 3.24. The van der Waals surface area contributed by atoms with Crippen LogP contribution in [0.15, 0.2) is 47.4 Å². The van der Waals surface area contributed by atoms with Gasteiger partial charge in [-0.25, -0.2) is 12.8 Å². The van der Waals surface area contributed by atoms with E-state index in [0.717, 1.165) is 6.07 Å². The summed E-state index contributed by atoms with van der Waals surface area (Å²) in [5.74, 6) is -0.894. The average molecular weight is 300 g/mol. The summed E-state index contributed by atoms with van der Waals surface area (Å²) in [7, 11) is -3.61. The molecule has 2 aromatic rings. The lowest BCUT2D eigenvalue weighted by Gasteiger charge is -2.07. The van der Waals surface area contributed by atoms with Gasteiger partial charge in [-0.05, 0) is 42.0 Å². The monoisotopic (exact) mass is 299 g/mol. The van der Waals surface area contributed by atoms with E-state index in [4.69, 9.17) is 17.3 Å². The average Bonchev–Trinajstić information content (AvgIpc) is 2.33. The smallest absolute Gasteiger partial charge is 0.182 e. The molecule has 3 nitrogen and oxygen atoms in total. The van der Waals surface area contributed by atoms with Crippen molar-refractivity contribution < 1.29 is 12.8 Å². The molecule has 0 atom stereocenters. The molecule has 0 saturated carbocycles. The van der Waals surface area contributed by atoms with E-state index in [0.29, 0.717) is 5.69 Å². The van der Waals surface area contributed by atoms with Crippen LogP contribution in [0, 0.1) is 5.82 Å². The van der Waals surface area contributed by atoms with E-state index in [-0.39, 0.29) is 21.2 Å². The van der Waals surface area contributed by atoms with E-state index in [1.807, 2.05) is 0 Å². The molecule has 19 heavy (non-hydrogen) atoms. The summed E-state index contributed by atoms with van der Waals surface area (Å²) in [4.78, 5) is 0.0906. The van der Waals surface area contributed by atoms with Crippen LogP contribution in [0.5, 0.6) is 0 Å². The second-order valence-electron chi connectivity index (χ2n) is 4.07. The summed E-state index contributed by atoms with van der Waals surface area (Å²) in [6.07, 6.45) is 0. The van der Waals surface area contributed by atoms with Gasteiger partial charge in [0.05, 0.1) is 10.6 Å². The number of hydrogen-bond acceptors (Lipinski definition) is 3. The summed E-state index contributed by atoms with van der Waals surface area (Å²) in [6, 6.07) is 9.58. The van der Waals surface area contributed by atoms with Crippen LogP contribution in [0.1, 0.15) is 5.56 Å². The maximum absolute atomic E-state index is 13.1. The molecule has 0 heterocycles. The number of benzene rings is 2. The number of hydrogen-bond donors (Lipinski definition) is 1. The quantitative estimate of drug-likeness (QED) is 0.886. The summed E-state index contributed by atoms with van der Waals surface area (Å²) in [5, 5.41) is 0.217. The van der Waals surface area contributed by atoms with Gasteiger partial charge in [-0.2, -0.15) is 0 Å². The summed E-state index contributed by atoms with van der Waals surface area (Å²) in [6.45, 7) is 0. The van der Waals surface area contributed by atoms with Gasteiger partial charge in [0, 0.05) is 10.7 Å². The van der Waals surface area contributed by atoms with Crippen molar-refractivity contribution in [2.24, 2.45) is 0 Å². The van der Waals surface area contributed by atoms with Crippen LogP contribution in [-0.2, 0) is 15.6 Å². The van der Waals surface area contributed by atoms with Gasteiger partial charge in [0.2, 0.25) is 0 Å². The highest BCUT2D eigenvalue weighted by Gasteiger charge is 2.17. The predicted octanol–water partition coefficient (Wildman–Crippen LogP) is 3.04. The molecule has 0 aliphatic carbocycles. The van der Waals surface area contributed by atoms with E-state index in [2.05, 4.69) is 0 Å². The van der Waals surface area contributed by atoms with Crippen LogP contribution in [-0.4, -0.2) is 8.42 Å². The van der Waals surface area contributed by atoms with Crippen LogP contribution in [0.25, 0.3) is 0 Å². The maximum atomic E-state index is 13.1. The first kappa shape index (κ1) is 13.8. The first-order chi connectivity index (χ1) is 8.88. The number of halogens is 2. The molecule has 2 rings (SSSR count). The highest BCUT2D eigenvalue weighted by molar-refractivity contribution is 7.90. The molecule has 0 aliphatic heterocycles. The Bertz CT molecular complexity index is 716. The molecular weight excluding hydrogens is 289 g/mol. The summed E-state index contributed by atoms with van der Waals surface area (Å²) < 4.78 is 37.5. The third-order valence-corrected chi connectivity index (χ3v) is 4.60. The molecule has 0 saturated heterocycles. The van der Waals surface area contributed by atoms with Gasteiger partial charge in [-0.3, -0.25) is 0 Å². The lowest BCUT2D eigenvalue weighted by atomic mass is 10.2. The molecule has 0 bridgehead atoms. The van der Waals surface area contributed by atoms with E-state index in [1.165, 1.54) is 24.3 Å². The van der Waals surface area contributed by atoms with E-state index >= 15 is 0 Å². The van der Waals surface area contributed by atoms with Gasteiger partial charge in [0.15, 0.2) is 9.84 Å². The first-order valence-corrected chi connectivity index (χ1v) is 7.44. The molecule has 0 unspecified atom stereocenters. The fraction of sp³-hybridized carbons (Fsp3) is 0.0769. The Hall–Kier alpha value is -1.59. The first-order valence-electron chi connectivity index (χ1n) is 5.41. The van der Waals surface area contributed by atoms with Gasteiger partial charge in [0.1, 0.15) is 5.82 Å². The lowest BCUT2D eigenvalue weighted by molar-refractivity contribution is 0.594. The minimum Gasteiger partial charge on any atom is -0.399 e. The molecule has 0 fully saturated rings. The Morgan fingerprint density at radius 3 is 2.58 bits per heavy atom. The van der Waals surface area contributed by atoms with Crippen molar-refractivity contribution in [1.29, 1.82) is 0 Å². The molecule has 0 amide bonds. The molecule has 0 aromatic heterocycles. The molecular formula is C13H11ClFNO2S. The van der Waals surface area contributed by atoms with Gasteiger partial charge in [0.25, 0.3) is 0 Å². The second kappa shape index (κ2) is 5.19. The van der Waals surface area contributed by atoms with Crippen LogP contribution < -0.4 is 5.73 Å². The number of sulfone groups is 1. The predicted molar refractivity (Wildman–Crippen MR) is 73.2 cm³/mol. The van der Waals surface area contributed by atoms with E-state index in [1.54, 1.807) is 12.1 Å². The van der Waals surface area contributed by atoms with Gasteiger partial charge >= 0.3 is 0 Å². The van der Waals surface area contributed by atoms with E-state index in [9.17, 15) is 12.8 Å². The zero-order valence-corrected chi connectivity index (χ0v) is 11.4. The molecule has 0 radical (unpaired) electrons. The Kier molecular flexibility index (Phi) is 3.78. The van der Waals surface area contributed by atoms with Crippen LogP contribution in [0.3, 0.4) is 0 Å². The van der Waals surface area contributed by atoms with Crippen LogP contribution >= 0.6 is 11.6 Å². The standard InChI is InChI=1S/C13H11ClFNO2S/c14-13-5-4-10(15)6-9(13)8-19(17,18)12-3-1-2-11(16)7-12/h1-7H,8,16H2. The number of nitrogens with two attached hydrogens (primary N) is 1. The molecule has 2 aromatic carbocycles. The van der Waals surface area contributed by atoms with Crippen molar-refractivity contribution in [2.75, 3.05) is 5.73 Å². The molecule has 100 valence electrons. The Morgan fingerprint density at radius 1 is 1.16 bits per heavy atom. The molecule has 0 spiro atoms. The molecule has 0 aliphatic rings. The van der Waals surface area contributed by atoms with Crippen molar-refractivity contribution in [1.82, 2.24) is 0 Å². The third-order valence-electron chi connectivity index (χ3n) is 2.57. The minimum absolute atomic E-state index is 0.0906. The lowest BCUT2D eigenvalue weighted by Crippen LogP contribution is -2.06. The minimum atomic E-state index is -3.61. The second-order valence-corrected chi connectivity index (χ2v) is 6.46. The van der Waals surface area contributed by atoms with Gasteiger partial charge in [-0.1, -0.05) is 17.7 Å². The Balaban J connectivity index is 2.39. The number of anilines is 1. The van der Waals surface area contributed by atoms with Crippen LogP contribution in [0.4, 0.5) is 10.1 Å².